The van der Waals surface area contributed by atoms with Crippen LogP contribution in [0.15, 0.2) is 11.2 Å². The number of anilines is 2. The van der Waals surface area contributed by atoms with Crippen molar-refractivity contribution >= 4 is 23.4 Å². The maximum atomic E-state index is 4.61. The average Bonchev–Trinajstić information content (AvgIpc) is 3.10. The van der Waals surface area contributed by atoms with Crippen LogP contribution in [-0.4, -0.2) is 28.8 Å². The summed E-state index contributed by atoms with van der Waals surface area (Å²) in [6.07, 6.45) is 7.78. The van der Waals surface area contributed by atoms with Gasteiger partial charge in [-0.2, -0.15) is 0 Å². The summed E-state index contributed by atoms with van der Waals surface area (Å²) in [5.41, 5.74) is 0. The second-order valence-corrected chi connectivity index (χ2v) is 7.20. The van der Waals surface area contributed by atoms with E-state index in [1.54, 1.807) is 11.8 Å². The monoisotopic (exact) mass is 306 g/mol. The van der Waals surface area contributed by atoms with E-state index in [1.165, 1.54) is 25.7 Å². The van der Waals surface area contributed by atoms with Crippen LogP contribution in [0.4, 0.5) is 11.6 Å². The summed E-state index contributed by atoms with van der Waals surface area (Å²) >= 11 is 1.59. The minimum Gasteiger partial charge on any atom is -0.370 e. The molecule has 2 aliphatic rings. The van der Waals surface area contributed by atoms with Crippen molar-refractivity contribution < 1.29 is 0 Å². The van der Waals surface area contributed by atoms with E-state index in [9.17, 15) is 0 Å². The molecule has 1 aromatic heterocycles. The molecule has 0 aliphatic heterocycles. The Morgan fingerprint density at radius 2 is 2.10 bits per heavy atom. The number of nitrogens with zero attached hydrogens (tertiary/aromatic N) is 2. The molecule has 4 atom stereocenters. The first-order valence-electron chi connectivity index (χ1n) is 8.13. The second-order valence-electron chi connectivity index (χ2n) is 6.43. The van der Waals surface area contributed by atoms with Crippen molar-refractivity contribution in [2.75, 3.05) is 23.4 Å². The van der Waals surface area contributed by atoms with Crippen molar-refractivity contribution in [3.63, 3.8) is 0 Å². The topological polar surface area (TPSA) is 49.8 Å². The average molecular weight is 306 g/mol. The minimum absolute atomic E-state index is 0.499. The Balaban J connectivity index is 1.70. The predicted molar refractivity (Wildman–Crippen MR) is 90.0 cm³/mol. The molecule has 1 heterocycles. The van der Waals surface area contributed by atoms with E-state index in [2.05, 4.69) is 34.4 Å². The molecule has 5 heteroatoms. The summed E-state index contributed by atoms with van der Waals surface area (Å²) in [5.74, 6) is 4.63. The summed E-state index contributed by atoms with van der Waals surface area (Å²) in [4.78, 5) is 9.09. The highest BCUT2D eigenvalue weighted by Crippen LogP contribution is 2.49. The molecule has 4 unspecified atom stereocenters. The standard InChI is InChI=1S/C16H26N4S/c1-4-17-14-9-15(20-16(19-14)21-3)18-10(2)13-8-11-5-6-12(13)7-11/h9-13H,4-8H2,1-3H3,(H2,17,18,19,20). The lowest BCUT2D eigenvalue weighted by Gasteiger charge is -2.29. The predicted octanol–water partition coefficient (Wildman–Crippen LogP) is 3.87. The van der Waals surface area contributed by atoms with Crippen molar-refractivity contribution in [2.24, 2.45) is 17.8 Å². The Bertz CT molecular complexity index is 493. The van der Waals surface area contributed by atoms with Gasteiger partial charge in [-0.05, 0) is 57.1 Å². The lowest BCUT2D eigenvalue weighted by atomic mass is 9.84. The second kappa shape index (κ2) is 6.42. The van der Waals surface area contributed by atoms with Gasteiger partial charge in [-0.25, -0.2) is 9.97 Å². The molecule has 2 aliphatic carbocycles. The molecule has 0 saturated heterocycles. The number of aromatic nitrogens is 2. The molecule has 3 rings (SSSR count). The molecule has 2 saturated carbocycles. The van der Waals surface area contributed by atoms with Gasteiger partial charge in [0.05, 0.1) is 0 Å². The molecule has 1 aromatic rings. The first-order valence-corrected chi connectivity index (χ1v) is 9.35. The zero-order valence-corrected chi connectivity index (χ0v) is 14.0. The van der Waals surface area contributed by atoms with Crippen molar-refractivity contribution in [3.8, 4) is 0 Å². The maximum absolute atomic E-state index is 4.61. The van der Waals surface area contributed by atoms with Crippen LogP contribution in [0.25, 0.3) is 0 Å². The van der Waals surface area contributed by atoms with E-state index in [-0.39, 0.29) is 0 Å². The van der Waals surface area contributed by atoms with Crippen LogP contribution in [0.5, 0.6) is 0 Å². The van der Waals surface area contributed by atoms with Gasteiger partial charge in [0.2, 0.25) is 0 Å². The molecule has 2 fully saturated rings. The molecule has 0 spiro atoms. The highest BCUT2D eigenvalue weighted by atomic mass is 32.2. The summed E-state index contributed by atoms with van der Waals surface area (Å²) in [5, 5.41) is 7.76. The highest BCUT2D eigenvalue weighted by Gasteiger charge is 2.41. The van der Waals surface area contributed by atoms with E-state index in [0.29, 0.717) is 6.04 Å². The fraction of sp³-hybridized carbons (Fsp3) is 0.750. The number of fused-ring (bicyclic) bond motifs is 2. The van der Waals surface area contributed by atoms with Crippen LogP contribution >= 0.6 is 11.8 Å². The molecule has 0 radical (unpaired) electrons. The molecule has 116 valence electrons. The Morgan fingerprint density at radius 1 is 1.29 bits per heavy atom. The molecular weight excluding hydrogens is 280 g/mol. The SMILES string of the molecule is CCNc1cc(NC(C)C2CC3CCC2C3)nc(SC)n1. The third-order valence-corrected chi connectivity index (χ3v) is 5.60. The lowest BCUT2D eigenvalue weighted by molar-refractivity contribution is 0.304. The molecule has 2 bridgehead atoms. The van der Waals surface area contributed by atoms with Gasteiger partial charge in [0, 0.05) is 18.7 Å². The smallest absolute Gasteiger partial charge is 0.191 e. The largest absolute Gasteiger partial charge is 0.370 e. The van der Waals surface area contributed by atoms with E-state index >= 15 is 0 Å². The van der Waals surface area contributed by atoms with Crippen molar-refractivity contribution in [2.45, 2.75) is 50.7 Å². The van der Waals surface area contributed by atoms with Gasteiger partial charge in [-0.15, -0.1) is 0 Å². The quantitative estimate of drug-likeness (QED) is 0.617. The molecule has 2 N–H and O–H groups in total. The summed E-state index contributed by atoms with van der Waals surface area (Å²) in [6.45, 7) is 5.29. The zero-order valence-electron chi connectivity index (χ0n) is 13.2. The van der Waals surface area contributed by atoms with Gasteiger partial charge in [-0.3, -0.25) is 0 Å². The number of hydrogen-bond acceptors (Lipinski definition) is 5. The Hall–Kier alpha value is -0.970. The minimum atomic E-state index is 0.499. The van der Waals surface area contributed by atoms with Gasteiger partial charge in [0.15, 0.2) is 5.16 Å². The first kappa shape index (κ1) is 14.9. The number of rotatable bonds is 6. The zero-order chi connectivity index (χ0) is 14.8. The fourth-order valence-corrected chi connectivity index (χ4v) is 4.49. The van der Waals surface area contributed by atoms with Gasteiger partial charge in [0.1, 0.15) is 11.6 Å². The maximum Gasteiger partial charge on any atom is 0.191 e. The molecular formula is C16H26N4S. The van der Waals surface area contributed by atoms with Gasteiger partial charge in [0.25, 0.3) is 0 Å². The summed E-state index contributed by atoms with van der Waals surface area (Å²) in [6, 6.07) is 2.53. The Kier molecular flexibility index (Phi) is 4.57. The highest BCUT2D eigenvalue weighted by molar-refractivity contribution is 7.98. The lowest BCUT2D eigenvalue weighted by Crippen LogP contribution is -2.30. The van der Waals surface area contributed by atoms with Crippen molar-refractivity contribution in [3.05, 3.63) is 6.07 Å². The summed E-state index contributed by atoms with van der Waals surface area (Å²) < 4.78 is 0. The van der Waals surface area contributed by atoms with Crippen molar-refractivity contribution in [1.29, 1.82) is 0 Å². The van der Waals surface area contributed by atoms with Crippen LogP contribution in [0, 0.1) is 17.8 Å². The van der Waals surface area contributed by atoms with Crippen LogP contribution < -0.4 is 10.6 Å². The van der Waals surface area contributed by atoms with Crippen LogP contribution in [-0.2, 0) is 0 Å². The number of nitrogens with one attached hydrogen (secondary N) is 2. The first-order chi connectivity index (χ1) is 10.2. The molecule has 21 heavy (non-hydrogen) atoms. The normalized spacial score (nSPS) is 28.6. The molecule has 0 amide bonds. The number of thioether (sulfide) groups is 1. The Morgan fingerprint density at radius 3 is 2.71 bits per heavy atom. The fourth-order valence-electron chi connectivity index (χ4n) is 4.11. The van der Waals surface area contributed by atoms with Gasteiger partial charge < -0.3 is 10.6 Å². The van der Waals surface area contributed by atoms with Crippen LogP contribution in [0.2, 0.25) is 0 Å². The molecule has 4 nitrogen and oxygen atoms in total. The Labute approximate surface area is 131 Å². The van der Waals surface area contributed by atoms with Crippen molar-refractivity contribution in [1.82, 2.24) is 9.97 Å². The van der Waals surface area contributed by atoms with Gasteiger partial charge >= 0.3 is 0 Å². The third-order valence-electron chi connectivity index (χ3n) is 5.06. The van der Waals surface area contributed by atoms with E-state index < -0.39 is 0 Å². The van der Waals surface area contributed by atoms with Crippen LogP contribution in [0.1, 0.15) is 39.5 Å². The van der Waals surface area contributed by atoms with E-state index in [4.69, 9.17) is 0 Å². The van der Waals surface area contributed by atoms with Crippen LogP contribution in [0.3, 0.4) is 0 Å². The third kappa shape index (κ3) is 3.28. The number of hydrogen-bond donors (Lipinski definition) is 2. The van der Waals surface area contributed by atoms with E-state index in [1.807, 2.05) is 12.3 Å². The van der Waals surface area contributed by atoms with Gasteiger partial charge in [-0.1, -0.05) is 18.2 Å². The summed E-state index contributed by atoms with van der Waals surface area (Å²) in [7, 11) is 0. The van der Waals surface area contributed by atoms with E-state index in [0.717, 1.165) is 41.1 Å². The molecule has 0 aromatic carbocycles.